The molecule has 1 aromatic heterocycles. The molecule has 88 valence electrons. The van der Waals surface area contributed by atoms with Crippen molar-refractivity contribution in [2.45, 2.75) is 18.6 Å². The normalized spacial score (nSPS) is 11.2. The lowest BCUT2D eigenvalue weighted by atomic mass is 10.2. The molecule has 1 amide bonds. The monoisotopic (exact) mass is 258 g/mol. The van der Waals surface area contributed by atoms with Gasteiger partial charge in [-0.3, -0.25) is 9.78 Å². The van der Waals surface area contributed by atoms with E-state index in [1.807, 2.05) is 6.26 Å². The van der Waals surface area contributed by atoms with Crippen molar-refractivity contribution in [3.8, 4) is 0 Å². The highest BCUT2D eigenvalue weighted by Gasteiger charge is 2.17. The number of nitrogens with one attached hydrogen (secondary N) is 1. The molecule has 1 heterocycles. The minimum Gasteiger partial charge on any atom is -0.349 e. The second-order valence-corrected chi connectivity index (χ2v) is 5.96. The highest BCUT2D eigenvalue weighted by Crippen LogP contribution is 2.19. The summed E-state index contributed by atoms with van der Waals surface area (Å²) >= 11 is 7.49. The third kappa shape index (κ3) is 4.02. The van der Waals surface area contributed by atoms with E-state index in [9.17, 15) is 4.79 Å². The number of rotatable bonds is 4. The molecule has 0 saturated heterocycles. The van der Waals surface area contributed by atoms with Gasteiger partial charge in [-0.2, -0.15) is 11.8 Å². The number of hydrogen-bond acceptors (Lipinski definition) is 3. The Hall–Kier alpha value is -0.740. The third-order valence-corrected chi connectivity index (χ3v) is 3.67. The molecule has 0 aliphatic heterocycles. The predicted octanol–water partition coefficient (Wildman–Crippen LogP) is 2.61. The Labute approximate surface area is 105 Å². The molecule has 0 fully saturated rings. The van der Waals surface area contributed by atoms with E-state index >= 15 is 0 Å². The smallest absolute Gasteiger partial charge is 0.269 e. The molecular formula is C11H15ClN2OS. The van der Waals surface area contributed by atoms with E-state index in [0.717, 1.165) is 0 Å². The van der Waals surface area contributed by atoms with Crippen LogP contribution in [0.2, 0.25) is 5.02 Å². The van der Waals surface area contributed by atoms with Crippen molar-refractivity contribution in [3.05, 3.63) is 29.0 Å². The summed E-state index contributed by atoms with van der Waals surface area (Å²) in [5, 5.41) is 3.35. The van der Waals surface area contributed by atoms with Crippen LogP contribution in [0.5, 0.6) is 0 Å². The van der Waals surface area contributed by atoms with Crippen LogP contribution in [0.4, 0.5) is 0 Å². The average molecular weight is 259 g/mol. The Morgan fingerprint density at radius 3 is 2.88 bits per heavy atom. The summed E-state index contributed by atoms with van der Waals surface area (Å²) in [6, 6.07) is 3.20. The summed E-state index contributed by atoms with van der Waals surface area (Å²) in [5.41, 5.74) is 0.351. The Morgan fingerprint density at radius 1 is 1.62 bits per heavy atom. The Kier molecular flexibility index (Phi) is 4.62. The second-order valence-electron chi connectivity index (χ2n) is 4.01. The molecule has 0 aliphatic carbocycles. The molecule has 0 atom stereocenters. The Morgan fingerprint density at radius 2 is 2.31 bits per heavy atom. The van der Waals surface area contributed by atoms with Crippen molar-refractivity contribution in [1.82, 2.24) is 10.3 Å². The first kappa shape index (κ1) is 13.3. The molecule has 0 aliphatic rings. The fourth-order valence-electron chi connectivity index (χ4n) is 0.985. The SMILES string of the molecule is CSC(C)(C)CNC(=O)c1cc(Cl)ccn1. The highest BCUT2D eigenvalue weighted by atomic mass is 35.5. The number of carbonyl (C=O) groups is 1. The van der Waals surface area contributed by atoms with Crippen LogP contribution in [-0.4, -0.2) is 28.4 Å². The van der Waals surface area contributed by atoms with E-state index in [2.05, 4.69) is 24.1 Å². The molecule has 0 bridgehead atoms. The molecule has 0 spiro atoms. The molecule has 3 nitrogen and oxygen atoms in total. The van der Waals surface area contributed by atoms with Crippen LogP contribution in [0.1, 0.15) is 24.3 Å². The lowest BCUT2D eigenvalue weighted by Gasteiger charge is -2.21. The van der Waals surface area contributed by atoms with E-state index in [0.29, 0.717) is 17.3 Å². The first-order valence-electron chi connectivity index (χ1n) is 4.89. The maximum Gasteiger partial charge on any atom is 0.269 e. The van der Waals surface area contributed by atoms with Crippen molar-refractivity contribution in [2.24, 2.45) is 0 Å². The van der Waals surface area contributed by atoms with Gasteiger partial charge in [0.15, 0.2) is 0 Å². The molecule has 1 aromatic rings. The van der Waals surface area contributed by atoms with Crippen LogP contribution in [0.3, 0.4) is 0 Å². The van der Waals surface area contributed by atoms with E-state index < -0.39 is 0 Å². The van der Waals surface area contributed by atoms with Gasteiger partial charge >= 0.3 is 0 Å². The van der Waals surface area contributed by atoms with Gasteiger partial charge in [0.05, 0.1) is 0 Å². The molecule has 0 unspecified atom stereocenters. The van der Waals surface area contributed by atoms with Crippen molar-refractivity contribution in [1.29, 1.82) is 0 Å². The lowest BCUT2D eigenvalue weighted by molar-refractivity contribution is 0.0946. The summed E-state index contributed by atoms with van der Waals surface area (Å²) in [4.78, 5) is 15.7. The highest BCUT2D eigenvalue weighted by molar-refractivity contribution is 7.99. The van der Waals surface area contributed by atoms with Gasteiger partial charge in [-0.15, -0.1) is 0 Å². The van der Waals surface area contributed by atoms with Crippen molar-refractivity contribution < 1.29 is 4.79 Å². The maximum absolute atomic E-state index is 11.7. The van der Waals surface area contributed by atoms with E-state index in [4.69, 9.17) is 11.6 Å². The minimum absolute atomic E-state index is 0.0221. The summed E-state index contributed by atoms with van der Waals surface area (Å²) in [7, 11) is 0. The zero-order chi connectivity index (χ0) is 12.2. The standard InChI is InChI=1S/C11H15ClN2OS/c1-11(2,16-3)7-14-10(15)9-6-8(12)4-5-13-9/h4-6H,7H2,1-3H3,(H,14,15). The Balaban J connectivity index is 2.60. The predicted molar refractivity (Wildman–Crippen MR) is 69.2 cm³/mol. The van der Waals surface area contributed by atoms with Gasteiger partial charge in [0.25, 0.3) is 5.91 Å². The van der Waals surface area contributed by atoms with E-state index in [1.54, 1.807) is 23.9 Å². The van der Waals surface area contributed by atoms with E-state index in [-0.39, 0.29) is 10.7 Å². The number of amides is 1. The van der Waals surface area contributed by atoms with Gasteiger partial charge < -0.3 is 5.32 Å². The minimum atomic E-state index is -0.190. The number of nitrogens with zero attached hydrogens (tertiary/aromatic N) is 1. The first-order chi connectivity index (χ1) is 7.44. The van der Waals surface area contributed by atoms with Gasteiger partial charge in [0.2, 0.25) is 0 Å². The van der Waals surface area contributed by atoms with Crippen LogP contribution >= 0.6 is 23.4 Å². The van der Waals surface area contributed by atoms with Crippen LogP contribution < -0.4 is 5.32 Å². The van der Waals surface area contributed by atoms with Crippen LogP contribution in [-0.2, 0) is 0 Å². The van der Waals surface area contributed by atoms with Crippen molar-refractivity contribution in [2.75, 3.05) is 12.8 Å². The quantitative estimate of drug-likeness (QED) is 0.903. The topological polar surface area (TPSA) is 42.0 Å². The lowest BCUT2D eigenvalue weighted by Crippen LogP contribution is -2.36. The van der Waals surface area contributed by atoms with E-state index in [1.165, 1.54) is 6.20 Å². The fraction of sp³-hybridized carbons (Fsp3) is 0.455. The number of hydrogen-bond donors (Lipinski definition) is 1. The van der Waals surface area contributed by atoms with Crippen LogP contribution in [0, 0.1) is 0 Å². The number of carbonyl (C=O) groups excluding carboxylic acids is 1. The van der Waals surface area contributed by atoms with Gasteiger partial charge in [0, 0.05) is 22.5 Å². The van der Waals surface area contributed by atoms with Gasteiger partial charge in [-0.05, 0) is 32.2 Å². The Bertz CT molecular complexity index is 382. The third-order valence-electron chi connectivity index (χ3n) is 2.18. The van der Waals surface area contributed by atoms with Crippen molar-refractivity contribution >= 4 is 29.3 Å². The molecule has 16 heavy (non-hydrogen) atoms. The average Bonchev–Trinajstić information content (AvgIpc) is 2.26. The second kappa shape index (κ2) is 5.55. The van der Waals surface area contributed by atoms with Crippen LogP contribution in [0.15, 0.2) is 18.3 Å². The molecular weight excluding hydrogens is 244 g/mol. The summed E-state index contributed by atoms with van der Waals surface area (Å²) in [5.74, 6) is -0.190. The number of pyridine rings is 1. The van der Waals surface area contributed by atoms with Gasteiger partial charge in [-0.25, -0.2) is 0 Å². The van der Waals surface area contributed by atoms with Crippen LogP contribution in [0.25, 0.3) is 0 Å². The first-order valence-corrected chi connectivity index (χ1v) is 6.50. The largest absolute Gasteiger partial charge is 0.349 e. The number of thioether (sulfide) groups is 1. The number of aromatic nitrogens is 1. The molecule has 1 rings (SSSR count). The molecule has 0 saturated carbocycles. The van der Waals surface area contributed by atoms with Crippen molar-refractivity contribution in [3.63, 3.8) is 0 Å². The molecule has 0 radical (unpaired) electrons. The molecule has 1 N–H and O–H groups in total. The zero-order valence-corrected chi connectivity index (χ0v) is 11.2. The zero-order valence-electron chi connectivity index (χ0n) is 9.58. The summed E-state index contributed by atoms with van der Waals surface area (Å²) in [6.07, 6.45) is 3.54. The van der Waals surface area contributed by atoms with Gasteiger partial charge in [0.1, 0.15) is 5.69 Å². The maximum atomic E-state index is 11.7. The molecule has 5 heteroatoms. The van der Waals surface area contributed by atoms with Gasteiger partial charge in [-0.1, -0.05) is 11.6 Å². The fourth-order valence-corrected chi connectivity index (χ4v) is 1.36. The molecule has 0 aromatic carbocycles. The number of halogens is 1. The summed E-state index contributed by atoms with van der Waals surface area (Å²) in [6.45, 7) is 4.74. The summed E-state index contributed by atoms with van der Waals surface area (Å²) < 4.78 is 0.0221.